The molecule has 0 radical (unpaired) electrons. The average Bonchev–Trinajstić information content (AvgIpc) is 1.64. The number of piperidine rings is 1. The normalized spacial score (nSPS) is 23.9. The van der Waals surface area contributed by atoms with Crippen molar-refractivity contribution in [1.82, 2.24) is 5.06 Å². The predicted octanol–water partition coefficient (Wildman–Crippen LogP) is 1.14. The van der Waals surface area contributed by atoms with E-state index in [2.05, 4.69) is 6.58 Å². The standard InChI is InChI=1S/C6H10NO/c1-6-3-2-4-7(8)5-6/h1-5H2/q-1. The monoisotopic (exact) mass is 112 g/mol. The van der Waals surface area contributed by atoms with Gasteiger partial charge in [0.05, 0.1) is 0 Å². The van der Waals surface area contributed by atoms with Crippen LogP contribution < -0.4 is 0 Å². The van der Waals surface area contributed by atoms with Crippen LogP contribution in [0.1, 0.15) is 12.8 Å². The first-order valence-electron chi connectivity index (χ1n) is 2.88. The van der Waals surface area contributed by atoms with Crippen molar-refractivity contribution in [2.45, 2.75) is 12.8 Å². The summed E-state index contributed by atoms with van der Waals surface area (Å²) >= 11 is 0. The Morgan fingerprint density at radius 2 is 2.38 bits per heavy atom. The molecule has 1 aliphatic heterocycles. The highest BCUT2D eigenvalue weighted by atomic mass is 16.5. The summed E-state index contributed by atoms with van der Waals surface area (Å²) < 4.78 is 0. The van der Waals surface area contributed by atoms with E-state index in [4.69, 9.17) is 0 Å². The number of nitrogens with zero attached hydrogens (tertiary/aromatic N) is 1. The summed E-state index contributed by atoms with van der Waals surface area (Å²) in [7, 11) is 0. The summed E-state index contributed by atoms with van der Waals surface area (Å²) in [6, 6.07) is 0. The number of rotatable bonds is 0. The molecule has 2 nitrogen and oxygen atoms in total. The van der Waals surface area contributed by atoms with Gasteiger partial charge in [0.1, 0.15) is 0 Å². The Balaban J connectivity index is 2.34. The van der Waals surface area contributed by atoms with Gasteiger partial charge in [-0.25, -0.2) is 0 Å². The van der Waals surface area contributed by atoms with Crippen molar-refractivity contribution < 1.29 is 0 Å². The van der Waals surface area contributed by atoms with Crippen LogP contribution >= 0.6 is 0 Å². The number of hydrogen-bond acceptors (Lipinski definition) is 2. The minimum Gasteiger partial charge on any atom is -0.785 e. The molecule has 8 heavy (non-hydrogen) atoms. The molecule has 1 saturated heterocycles. The molecular formula is C6H10NO-. The van der Waals surface area contributed by atoms with Gasteiger partial charge in [0.15, 0.2) is 0 Å². The molecule has 0 atom stereocenters. The predicted molar refractivity (Wildman–Crippen MR) is 33.3 cm³/mol. The maximum absolute atomic E-state index is 10.5. The van der Waals surface area contributed by atoms with Gasteiger partial charge in [0, 0.05) is 6.54 Å². The van der Waals surface area contributed by atoms with Crippen molar-refractivity contribution in [1.29, 1.82) is 0 Å². The molecular weight excluding hydrogens is 102 g/mol. The smallest absolute Gasteiger partial charge is 0.00696 e. The molecule has 0 amide bonds. The average molecular weight is 112 g/mol. The van der Waals surface area contributed by atoms with E-state index in [0.717, 1.165) is 23.5 Å². The SMILES string of the molecule is C=C1CCCN([O-])C1. The second kappa shape index (κ2) is 2.29. The molecule has 46 valence electrons. The van der Waals surface area contributed by atoms with E-state index < -0.39 is 0 Å². The lowest BCUT2D eigenvalue weighted by molar-refractivity contribution is 0.362. The Morgan fingerprint density at radius 3 is 2.75 bits per heavy atom. The summed E-state index contributed by atoms with van der Waals surface area (Å²) in [5.74, 6) is 0. The second-order valence-corrected chi connectivity index (χ2v) is 2.22. The van der Waals surface area contributed by atoms with E-state index in [0.29, 0.717) is 13.1 Å². The molecule has 0 saturated carbocycles. The van der Waals surface area contributed by atoms with Crippen LogP contribution in [0.2, 0.25) is 0 Å². The third kappa shape index (κ3) is 1.32. The van der Waals surface area contributed by atoms with Gasteiger partial charge in [-0.2, -0.15) is 0 Å². The molecule has 0 unspecified atom stereocenters. The zero-order valence-electron chi connectivity index (χ0n) is 4.89. The van der Waals surface area contributed by atoms with Crippen molar-refractivity contribution >= 4 is 0 Å². The van der Waals surface area contributed by atoms with Crippen LogP contribution in [0.3, 0.4) is 0 Å². The first kappa shape index (κ1) is 5.79. The highest BCUT2D eigenvalue weighted by Crippen LogP contribution is 2.10. The van der Waals surface area contributed by atoms with E-state index in [1.54, 1.807) is 0 Å². The maximum atomic E-state index is 10.5. The van der Waals surface area contributed by atoms with E-state index in [1.165, 1.54) is 0 Å². The lowest BCUT2D eigenvalue weighted by Gasteiger charge is -2.33. The third-order valence-corrected chi connectivity index (χ3v) is 1.34. The van der Waals surface area contributed by atoms with Crippen LogP contribution in [0.25, 0.3) is 0 Å². The van der Waals surface area contributed by atoms with E-state index >= 15 is 0 Å². The molecule has 1 fully saturated rings. The van der Waals surface area contributed by atoms with Gasteiger partial charge in [0.2, 0.25) is 0 Å². The molecule has 2 heteroatoms. The largest absolute Gasteiger partial charge is 0.785 e. The van der Waals surface area contributed by atoms with Gasteiger partial charge in [-0.1, -0.05) is 12.2 Å². The van der Waals surface area contributed by atoms with Crippen LogP contribution in [0.4, 0.5) is 0 Å². The molecule has 0 spiro atoms. The maximum Gasteiger partial charge on any atom is 0.00696 e. The summed E-state index contributed by atoms with van der Waals surface area (Å²) in [6.45, 7) is 4.97. The van der Waals surface area contributed by atoms with Gasteiger partial charge < -0.3 is 10.3 Å². The lowest BCUT2D eigenvalue weighted by atomic mass is 10.1. The zero-order chi connectivity index (χ0) is 5.98. The van der Waals surface area contributed by atoms with Crippen LogP contribution in [-0.2, 0) is 0 Å². The fourth-order valence-corrected chi connectivity index (χ4v) is 0.913. The van der Waals surface area contributed by atoms with Crippen molar-refractivity contribution in [2.24, 2.45) is 0 Å². The zero-order valence-corrected chi connectivity index (χ0v) is 4.89. The minimum absolute atomic E-state index is 0.556. The molecule has 0 bridgehead atoms. The molecule has 1 rings (SSSR count). The van der Waals surface area contributed by atoms with Gasteiger partial charge in [-0.05, 0) is 19.4 Å². The molecule has 0 aromatic rings. The topological polar surface area (TPSA) is 26.3 Å². The Labute approximate surface area is 49.4 Å². The summed E-state index contributed by atoms with van der Waals surface area (Å²) in [5, 5.41) is 11.6. The highest BCUT2D eigenvalue weighted by molar-refractivity contribution is 5.00. The van der Waals surface area contributed by atoms with Crippen molar-refractivity contribution in [3.63, 3.8) is 0 Å². The first-order chi connectivity index (χ1) is 3.79. The second-order valence-electron chi connectivity index (χ2n) is 2.22. The lowest BCUT2D eigenvalue weighted by Crippen LogP contribution is -2.24. The molecule has 1 aliphatic rings. The molecule has 0 aromatic heterocycles. The Kier molecular flexibility index (Phi) is 1.65. The van der Waals surface area contributed by atoms with Gasteiger partial charge >= 0.3 is 0 Å². The summed E-state index contributed by atoms with van der Waals surface area (Å²) in [6.07, 6.45) is 2.03. The Bertz CT molecular complexity index is 101. The number of hydrogen-bond donors (Lipinski definition) is 0. The summed E-state index contributed by atoms with van der Waals surface area (Å²) in [4.78, 5) is 0. The van der Waals surface area contributed by atoms with E-state index in [9.17, 15) is 5.21 Å². The van der Waals surface area contributed by atoms with Crippen LogP contribution in [0, 0.1) is 5.21 Å². The third-order valence-electron chi connectivity index (χ3n) is 1.34. The van der Waals surface area contributed by atoms with E-state index in [1.807, 2.05) is 0 Å². The number of hydroxylamine groups is 2. The van der Waals surface area contributed by atoms with Gasteiger partial charge in [0.25, 0.3) is 0 Å². The van der Waals surface area contributed by atoms with E-state index in [-0.39, 0.29) is 0 Å². The quantitative estimate of drug-likeness (QED) is 0.439. The molecule has 0 aromatic carbocycles. The highest BCUT2D eigenvalue weighted by Gasteiger charge is 2.02. The fraction of sp³-hybridized carbons (Fsp3) is 0.667. The summed E-state index contributed by atoms with van der Waals surface area (Å²) in [5.41, 5.74) is 1.08. The van der Waals surface area contributed by atoms with Gasteiger partial charge in [-0.3, -0.25) is 0 Å². The van der Waals surface area contributed by atoms with Gasteiger partial charge in [-0.15, -0.1) is 0 Å². The Morgan fingerprint density at radius 1 is 1.62 bits per heavy atom. The molecule has 0 N–H and O–H groups in total. The van der Waals surface area contributed by atoms with Crippen molar-refractivity contribution in [3.8, 4) is 0 Å². The van der Waals surface area contributed by atoms with Crippen molar-refractivity contribution in [2.75, 3.05) is 13.1 Å². The first-order valence-corrected chi connectivity index (χ1v) is 2.88. The van der Waals surface area contributed by atoms with Crippen molar-refractivity contribution in [3.05, 3.63) is 17.4 Å². The molecule has 1 heterocycles. The van der Waals surface area contributed by atoms with Crippen LogP contribution in [0.5, 0.6) is 0 Å². The van der Waals surface area contributed by atoms with Crippen LogP contribution in [-0.4, -0.2) is 18.2 Å². The Hall–Kier alpha value is -0.340. The molecule has 0 aliphatic carbocycles. The van der Waals surface area contributed by atoms with Crippen LogP contribution in [0.15, 0.2) is 12.2 Å². The fourth-order valence-electron chi connectivity index (χ4n) is 0.913. The minimum atomic E-state index is 0.556.